The minimum absolute atomic E-state index is 0.204. The number of aromatic nitrogens is 2. The molecule has 0 radical (unpaired) electrons. The van der Waals surface area contributed by atoms with E-state index in [1.165, 1.54) is 0 Å². The van der Waals surface area contributed by atoms with Crippen molar-refractivity contribution < 1.29 is 26.7 Å². The highest BCUT2D eigenvalue weighted by atomic mass is 19.4. The number of nitrogen functional groups attached to an aromatic ring is 1. The predicted molar refractivity (Wildman–Crippen MR) is 61.3 cm³/mol. The second-order valence-corrected chi connectivity index (χ2v) is 3.73. The van der Waals surface area contributed by atoms with Gasteiger partial charge in [0.1, 0.15) is 11.6 Å². The van der Waals surface area contributed by atoms with Crippen LogP contribution in [-0.4, -0.2) is 9.97 Å². The van der Waals surface area contributed by atoms with Gasteiger partial charge in [-0.05, 0) is 18.2 Å². The summed E-state index contributed by atoms with van der Waals surface area (Å²) in [5, 5.41) is 0. The van der Waals surface area contributed by atoms with Crippen LogP contribution in [0.25, 0.3) is 0 Å². The van der Waals surface area contributed by atoms with Crippen LogP contribution in [0.4, 0.5) is 27.9 Å². The molecule has 0 atom stereocenters. The topological polar surface area (TPSA) is 73.1 Å². The molecule has 3 N–H and O–H groups in total. The van der Waals surface area contributed by atoms with Gasteiger partial charge in [0.25, 0.3) is 5.88 Å². The molecule has 0 aliphatic heterocycles. The van der Waals surface area contributed by atoms with Gasteiger partial charge in [0, 0.05) is 0 Å². The summed E-state index contributed by atoms with van der Waals surface area (Å²) in [6.07, 6.45) is -4.19. The minimum atomic E-state index is -4.91. The lowest BCUT2D eigenvalue weighted by atomic mass is 10.2. The van der Waals surface area contributed by atoms with E-state index in [2.05, 4.69) is 9.97 Å². The third kappa shape index (κ3) is 3.34. The second kappa shape index (κ2) is 5.48. The molecule has 5 nitrogen and oxygen atoms in total. The van der Waals surface area contributed by atoms with Crippen molar-refractivity contribution >= 4 is 5.95 Å². The predicted octanol–water partition coefficient (Wildman–Crippen LogP) is 2.85. The number of benzene rings is 1. The summed E-state index contributed by atoms with van der Waals surface area (Å²) < 4.78 is 69.0. The average molecular weight is 306 g/mol. The lowest BCUT2D eigenvalue weighted by molar-refractivity contribution is -0.140. The van der Waals surface area contributed by atoms with Crippen molar-refractivity contribution in [1.29, 1.82) is 0 Å². The fourth-order valence-corrected chi connectivity index (χ4v) is 1.39. The lowest BCUT2D eigenvalue weighted by Crippen LogP contribution is -2.11. The van der Waals surface area contributed by atoms with Crippen LogP contribution in [0.15, 0.2) is 24.4 Å². The fraction of sp³-hybridized carbons (Fsp3) is 0.0909. The van der Waals surface area contributed by atoms with E-state index in [0.29, 0.717) is 18.3 Å². The molecule has 0 unspecified atom stereocenters. The van der Waals surface area contributed by atoms with E-state index in [9.17, 15) is 22.0 Å². The zero-order valence-electron chi connectivity index (χ0n) is 10.1. The summed E-state index contributed by atoms with van der Waals surface area (Å²) in [6.45, 7) is 0. The van der Waals surface area contributed by atoms with Crippen molar-refractivity contribution in [3.63, 3.8) is 0 Å². The monoisotopic (exact) mass is 306 g/mol. The van der Waals surface area contributed by atoms with Crippen LogP contribution in [0.3, 0.4) is 0 Å². The van der Waals surface area contributed by atoms with E-state index >= 15 is 0 Å². The summed E-state index contributed by atoms with van der Waals surface area (Å²) in [4.78, 5) is 6.91. The van der Waals surface area contributed by atoms with Gasteiger partial charge in [-0.1, -0.05) is 0 Å². The van der Waals surface area contributed by atoms with Crippen molar-refractivity contribution in [3.8, 4) is 11.6 Å². The normalized spacial score (nSPS) is 11.3. The Hall–Kier alpha value is -2.49. The lowest BCUT2D eigenvalue weighted by Gasteiger charge is -2.11. The number of alkyl halides is 3. The Morgan fingerprint density at radius 2 is 1.86 bits per heavy atom. The summed E-state index contributed by atoms with van der Waals surface area (Å²) in [5.74, 6) is 1.22. The van der Waals surface area contributed by atoms with Gasteiger partial charge in [-0.15, -0.1) is 0 Å². The van der Waals surface area contributed by atoms with Gasteiger partial charge in [0.15, 0.2) is 0 Å². The quantitative estimate of drug-likeness (QED) is 0.518. The van der Waals surface area contributed by atoms with Gasteiger partial charge < -0.3 is 4.74 Å². The highest BCUT2D eigenvalue weighted by molar-refractivity contribution is 5.35. The van der Waals surface area contributed by atoms with Crippen LogP contribution in [-0.2, 0) is 6.18 Å². The molecule has 0 amide bonds. The maximum Gasteiger partial charge on any atom is 0.419 e. The molecule has 0 saturated carbocycles. The van der Waals surface area contributed by atoms with Crippen molar-refractivity contribution in [2.24, 2.45) is 5.84 Å². The van der Waals surface area contributed by atoms with Gasteiger partial charge in [0.2, 0.25) is 11.8 Å². The Balaban J connectivity index is 2.36. The van der Waals surface area contributed by atoms with Crippen molar-refractivity contribution in [3.05, 3.63) is 41.6 Å². The van der Waals surface area contributed by atoms with Crippen LogP contribution in [0, 0.1) is 11.6 Å². The SMILES string of the molecule is NNc1ncc(F)c(Oc2ccc(F)c(C(F)(F)F)c2)n1. The van der Waals surface area contributed by atoms with Crippen molar-refractivity contribution in [2.45, 2.75) is 6.18 Å². The number of halogens is 5. The van der Waals surface area contributed by atoms with Crippen molar-refractivity contribution in [2.75, 3.05) is 5.43 Å². The first-order valence-electron chi connectivity index (χ1n) is 5.35. The van der Waals surface area contributed by atoms with Gasteiger partial charge in [-0.2, -0.15) is 22.5 Å². The third-order valence-electron chi connectivity index (χ3n) is 2.30. The Morgan fingerprint density at radius 3 is 2.48 bits per heavy atom. The highest BCUT2D eigenvalue weighted by Gasteiger charge is 2.34. The third-order valence-corrected chi connectivity index (χ3v) is 2.30. The molecule has 0 saturated heterocycles. The zero-order chi connectivity index (χ0) is 15.6. The molecule has 112 valence electrons. The summed E-state index contributed by atoms with van der Waals surface area (Å²) in [6, 6.07) is 1.85. The summed E-state index contributed by atoms with van der Waals surface area (Å²) in [5.41, 5.74) is 0.481. The standard InChI is InChI=1S/C11H7F5N4O/c12-7-2-1-5(3-6(7)11(14,15)16)21-9-8(13)4-18-10(19-9)20-17/h1-4H,17H2,(H,18,19,20). The molecule has 1 aromatic carbocycles. The number of anilines is 1. The van der Waals surface area contributed by atoms with Gasteiger partial charge in [-0.3, -0.25) is 5.43 Å². The smallest absolute Gasteiger partial charge is 0.419 e. The van der Waals surface area contributed by atoms with E-state index in [1.807, 2.05) is 5.43 Å². The minimum Gasteiger partial charge on any atom is -0.436 e. The Bertz CT molecular complexity index is 662. The molecule has 0 aliphatic rings. The van der Waals surface area contributed by atoms with E-state index in [4.69, 9.17) is 10.6 Å². The summed E-state index contributed by atoms with van der Waals surface area (Å²) in [7, 11) is 0. The molecule has 10 heteroatoms. The maximum atomic E-state index is 13.4. The molecule has 0 spiro atoms. The molecule has 2 aromatic rings. The van der Waals surface area contributed by atoms with Gasteiger partial charge >= 0.3 is 6.18 Å². The second-order valence-electron chi connectivity index (χ2n) is 3.73. The Morgan fingerprint density at radius 1 is 1.14 bits per heavy atom. The number of hydrazine groups is 1. The molecule has 0 aliphatic carbocycles. The number of ether oxygens (including phenoxy) is 1. The van der Waals surface area contributed by atoms with Crippen LogP contribution in [0.2, 0.25) is 0 Å². The molecule has 2 rings (SSSR count). The molecule has 1 heterocycles. The van der Waals surface area contributed by atoms with E-state index in [-0.39, 0.29) is 5.95 Å². The Labute approximate surface area is 114 Å². The van der Waals surface area contributed by atoms with E-state index < -0.39 is 35.0 Å². The maximum absolute atomic E-state index is 13.4. The van der Waals surface area contributed by atoms with Gasteiger partial charge in [-0.25, -0.2) is 15.2 Å². The molecule has 0 fully saturated rings. The summed E-state index contributed by atoms with van der Waals surface area (Å²) >= 11 is 0. The average Bonchev–Trinajstić information content (AvgIpc) is 2.42. The van der Waals surface area contributed by atoms with Crippen LogP contribution < -0.4 is 16.0 Å². The number of nitrogens with zero attached hydrogens (tertiary/aromatic N) is 2. The van der Waals surface area contributed by atoms with E-state index in [1.54, 1.807) is 0 Å². The van der Waals surface area contributed by atoms with Crippen molar-refractivity contribution in [1.82, 2.24) is 9.97 Å². The number of nitrogens with one attached hydrogen (secondary N) is 1. The zero-order valence-corrected chi connectivity index (χ0v) is 10.1. The largest absolute Gasteiger partial charge is 0.436 e. The van der Waals surface area contributed by atoms with Crippen LogP contribution in [0.1, 0.15) is 5.56 Å². The highest BCUT2D eigenvalue weighted by Crippen LogP contribution is 2.34. The van der Waals surface area contributed by atoms with Crippen LogP contribution in [0.5, 0.6) is 11.6 Å². The fourth-order valence-electron chi connectivity index (χ4n) is 1.39. The van der Waals surface area contributed by atoms with E-state index in [0.717, 1.165) is 6.07 Å². The molecule has 1 aromatic heterocycles. The first kappa shape index (κ1) is 14.9. The molecule has 0 bridgehead atoms. The number of nitrogens with two attached hydrogens (primary N) is 1. The number of rotatable bonds is 3. The first-order valence-corrected chi connectivity index (χ1v) is 5.35. The van der Waals surface area contributed by atoms with Crippen LogP contribution >= 0.6 is 0 Å². The molecular formula is C11H7F5N4O. The Kier molecular flexibility index (Phi) is 3.89. The number of hydrogen-bond acceptors (Lipinski definition) is 5. The molecule has 21 heavy (non-hydrogen) atoms. The molecular weight excluding hydrogens is 299 g/mol. The van der Waals surface area contributed by atoms with Gasteiger partial charge in [0.05, 0.1) is 11.8 Å². The first-order chi connectivity index (χ1) is 9.81. The number of hydrogen-bond donors (Lipinski definition) is 2.